The second-order valence-corrected chi connectivity index (χ2v) is 3.27. The third kappa shape index (κ3) is 1.21. The van der Waals surface area contributed by atoms with E-state index >= 15 is 0 Å². The minimum absolute atomic E-state index is 0.355. The lowest BCUT2D eigenvalue weighted by atomic mass is 10.5. The van der Waals surface area contributed by atoms with Crippen molar-refractivity contribution in [3.63, 3.8) is 0 Å². The van der Waals surface area contributed by atoms with Gasteiger partial charge >= 0.3 is 0 Å². The van der Waals surface area contributed by atoms with Gasteiger partial charge in [-0.3, -0.25) is 0 Å². The lowest BCUT2D eigenvalue weighted by Crippen LogP contribution is -1.69. The van der Waals surface area contributed by atoms with Crippen LogP contribution in [0, 0.1) is 11.3 Å². The summed E-state index contributed by atoms with van der Waals surface area (Å²) in [6.07, 6.45) is 0. The van der Waals surface area contributed by atoms with Gasteiger partial charge < -0.3 is 0 Å². The second-order valence-electron chi connectivity index (χ2n) is 1.30. The quantitative estimate of drug-likeness (QED) is 0.586. The number of rotatable bonds is 0. The Morgan fingerprint density at radius 3 is 2.44 bits per heavy atom. The van der Waals surface area contributed by atoms with E-state index in [-0.39, 0.29) is 0 Å². The summed E-state index contributed by atoms with van der Waals surface area (Å²) in [5.74, 6) is 0. The van der Waals surface area contributed by atoms with Gasteiger partial charge in [-0.05, 0) is 11.5 Å². The Balaban J connectivity index is 3.24. The van der Waals surface area contributed by atoms with E-state index in [0.717, 1.165) is 0 Å². The molecule has 0 radical (unpaired) electrons. The van der Waals surface area contributed by atoms with E-state index in [1.54, 1.807) is 0 Å². The van der Waals surface area contributed by atoms with Crippen molar-refractivity contribution in [2.75, 3.05) is 0 Å². The van der Waals surface area contributed by atoms with Gasteiger partial charge in [0.1, 0.15) is 6.07 Å². The summed E-state index contributed by atoms with van der Waals surface area (Å²) < 4.78 is 4.45. The molecule has 0 N–H and O–H groups in total. The molecule has 2 nitrogen and oxygen atoms in total. The Labute approximate surface area is 67.5 Å². The zero-order valence-corrected chi connectivity index (χ0v) is 6.80. The summed E-state index contributed by atoms with van der Waals surface area (Å²) in [7, 11) is 0. The highest BCUT2D eigenvalue weighted by atomic mass is 32.2. The number of hydrogen-bond donors (Lipinski definition) is 2. The maximum Gasteiger partial charge on any atom is 0.168 e. The van der Waals surface area contributed by atoms with Crippen molar-refractivity contribution in [3.8, 4) is 6.07 Å². The second kappa shape index (κ2) is 2.60. The molecule has 0 spiro atoms. The van der Waals surface area contributed by atoms with Gasteiger partial charge in [0.25, 0.3) is 0 Å². The first-order valence-electron chi connectivity index (χ1n) is 2.03. The Bertz CT molecular complexity index is 259. The van der Waals surface area contributed by atoms with Crippen LogP contribution in [0.2, 0.25) is 0 Å². The van der Waals surface area contributed by atoms with Gasteiger partial charge in [0, 0.05) is 0 Å². The van der Waals surface area contributed by atoms with Crippen molar-refractivity contribution in [2.24, 2.45) is 0 Å². The molecule has 0 aliphatic rings. The fourth-order valence-electron chi connectivity index (χ4n) is 0.350. The number of nitriles is 1. The van der Waals surface area contributed by atoms with Crippen molar-refractivity contribution >= 4 is 36.8 Å². The van der Waals surface area contributed by atoms with Gasteiger partial charge in [-0.2, -0.15) is 9.64 Å². The van der Waals surface area contributed by atoms with Crippen molar-refractivity contribution in [3.05, 3.63) is 5.69 Å². The predicted molar refractivity (Wildman–Crippen MR) is 41.3 cm³/mol. The highest BCUT2D eigenvalue weighted by Gasteiger charge is 2.04. The maximum atomic E-state index is 8.34. The molecular formula is C4H2N2S3. The van der Waals surface area contributed by atoms with Crippen LogP contribution in [0.25, 0.3) is 0 Å². The lowest BCUT2D eigenvalue weighted by molar-refractivity contribution is 1.28. The van der Waals surface area contributed by atoms with Crippen LogP contribution in [-0.4, -0.2) is 4.37 Å². The molecule has 0 atom stereocenters. The molecule has 0 unspecified atom stereocenters. The first-order chi connectivity index (χ1) is 4.25. The number of nitrogens with zero attached hydrogens (tertiary/aromatic N) is 2. The van der Waals surface area contributed by atoms with Crippen LogP contribution in [0.1, 0.15) is 5.69 Å². The Kier molecular flexibility index (Phi) is 2.01. The Hall–Kier alpha value is -0.180. The number of hydrogen-bond acceptors (Lipinski definition) is 5. The highest BCUT2D eigenvalue weighted by molar-refractivity contribution is 7.85. The van der Waals surface area contributed by atoms with Crippen molar-refractivity contribution in [1.29, 1.82) is 5.26 Å². The molecule has 0 aromatic carbocycles. The third-order valence-corrected chi connectivity index (χ3v) is 2.64. The molecule has 0 saturated carbocycles. The van der Waals surface area contributed by atoms with Crippen LogP contribution in [0.4, 0.5) is 0 Å². The van der Waals surface area contributed by atoms with E-state index in [4.69, 9.17) is 5.26 Å². The molecule has 0 fully saturated rings. The smallest absolute Gasteiger partial charge is 0.168 e. The maximum absolute atomic E-state index is 8.34. The monoisotopic (exact) mass is 174 g/mol. The number of thiol groups is 2. The molecule has 0 amide bonds. The molecule has 1 aromatic heterocycles. The normalized spacial score (nSPS) is 9.00. The summed E-state index contributed by atoms with van der Waals surface area (Å²) >= 11 is 9.16. The van der Waals surface area contributed by atoms with Gasteiger partial charge in [-0.1, -0.05) is 0 Å². The molecule has 0 bridgehead atoms. The minimum atomic E-state index is 0.355. The standard InChI is InChI=1S/C4H2N2S3/c5-1-2-3(7)4(8)9-6-2/h7-8H. The Morgan fingerprint density at radius 1 is 1.56 bits per heavy atom. The SMILES string of the molecule is N#Cc1nsc(S)c1S. The molecule has 5 heteroatoms. The molecule has 9 heavy (non-hydrogen) atoms. The Morgan fingerprint density at radius 2 is 2.22 bits per heavy atom. The first-order valence-corrected chi connectivity index (χ1v) is 3.70. The van der Waals surface area contributed by atoms with Crippen molar-refractivity contribution in [2.45, 2.75) is 9.10 Å². The summed E-state index contributed by atoms with van der Waals surface area (Å²) in [6.45, 7) is 0. The molecule has 1 rings (SSSR count). The van der Waals surface area contributed by atoms with E-state index in [1.165, 1.54) is 11.5 Å². The van der Waals surface area contributed by atoms with E-state index in [2.05, 4.69) is 29.6 Å². The summed E-state index contributed by atoms with van der Waals surface area (Å²) in [6, 6.07) is 1.89. The average Bonchev–Trinajstić information content (AvgIpc) is 2.15. The fourth-order valence-corrected chi connectivity index (χ4v) is 1.36. The summed E-state index contributed by atoms with van der Waals surface area (Å²) in [4.78, 5) is 0.575. The van der Waals surface area contributed by atoms with Crippen LogP contribution in [0.15, 0.2) is 9.10 Å². The number of aromatic nitrogens is 1. The van der Waals surface area contributed by atoms with E-state index in [9.17, 15) is 0 Å². The van der Waals surface area contributed by atoms with Crippen LogP contribution >= 0.6 is 36.8 Å². The fraction of sp³-hybridized carbons (Fsp3) is 0. The summed E-state index contributed by atoms with van der Waals surface area (Å²) in [5.41, 5.74) is 0.355. The van der Waals surface area contributed by atoms with Gasteiger partial charge in [0.05, 0.1) is 9.10 Å². The molecule has 1 heterocycles. The summed E-state index contributed by atoms with van der Waals surface area (Å²) in [5, 5.41) is 8.34. The zero-order valence-electron chi connectivity index (χ0n) is 4.20. The third-order valence-electron chi connectivity index (χ3n) is 0.756. The molecule has 0 saturated heterocycles. The van der Waals surface area contributed by atoms with Crippen LogP contribution in [-0.2, 0) is 0 Å². The topological polar surface area (TPSA) is 36.7 Å². The first kappa shape index (κ1) is 6.93. The van der Waals surface area contributed by atoms with Crippen LogP contribution in [0.3, 0.4) is 0 Å². The minimum Gasteiger partial charge on any atom is -0.191 e. The van der Waals surface area contributed by atoms with E-state index < -0.39 is 0 Å². The molecular weight excluding hydrogens is 172 g/mol. The molecule has 0 aliphatic heterocycles. The molecule has 1 aromatic rings. The van der Waals surface area contributed by atoms with Gasteiger partial charge in [0.15, 0.2) is 5.69 Å². The van der Waals surface area contributed by atoms with Gasteiger partial charge in [-0.15, -0.1) is 25.3 Å². The largest absolute Gasteiger partial charge is 0.191 e. The molecule has 46 valence electrons. The van der Waals surface area contributed by atoms with E-state index in [1.807, 2.05) is 6.07 Å². The van der Waals surface area contributed by atoms with Crippen LogP contribution < -0.4 is 0 Å². The van der Waals surface area contributed by atoms with Gasteiger partial charge in [0.2, 0.25) is 0 Å². The lowest BCUT2D eigenvalue weighted by Gasteiger charge is -1.79. The zero-order chi connectivity index (χ0) is 6.85. The van der Waals surface area contributed by atoms with E-state index in [0.29, 0.717) is 14.8 Å². The van der Waals surface area contributed by atoms with Crippen molar-refractivity contribution in [1.82, 2.24) is 4.37 Å². The predicted octanol–water partition coefficient (Wildman–Crippen LogP) is 1.59. The van der Waals surface area contributed by atoms with Crippen molar-refractivity contribution < 1.29 is 0 Å². The highest BCUT2D eigenvalue weighted by Crippen LogP contribution is 2.24. The van der Waals surface area contributed by atoms with Crippen LogP contribution in [0.5, 0.6) is 0 Å². The average molecular weight is 174 g/mol. The molecule has 0 aliphatic carbocycles. The van der Waals surface area contributed by atoms with Gasteiger partial charge in [-0.25, -0.2) is 0 Å².